The summed E-state index contributed by atoms with van der Waals surface area (Å²) in [6, 6.07) is 0. The van der Waals surface area contributed by atoms with E-state index in [1.165, 1.54) is 0 Å². The molecule has 102 valence electrons. The Balaban J connectivity index is 4.17. The van der Waals surface area contributed by atoms with Crippen molar-refractivity contribution in [1.82, 2.24) is 0 Å². The van der Waals surface area contributed by atoms with Crippen LogP contribution in [0.25, 0.3) is 0 Å². The Kier molecular flexibility index (Phi) is 9.30. The number of rotatable bonds is 10. The number of carbonyl (C=O) groups is 1. The van der Waals surface area contributed by atoms with Gasteiger partial charge < -0.3 is 4.74 Å². The summed E-state index contributed by atoms with van der Waals surface area (Å²) in [5, 5.41) is 0. The summed E-state index contributed by atoms with van der Waals surface area (Å²) >= 11 is 0. The molecule has 0 aromatic rings. The van der Waals surface area contributed by atoms with E-state index >= 15 is 0 Å². The second-order valence-corrected chi connectivity index (χ2v) is 4.82. The molecule has 0 atom stereocenters. The summed E-state index contributed by atoms with van der Waals surface area (Å²) in [6.07, 6.45) is -0.253. The van der Waals surface area contributed by atoms with Gasteiger partial charge in [-0.25, -0.2) is 9.78 Å². The molecule has 0 fully saturated rings. The maximum atomic E-state index is 11.9. The Morgan fingerprint density at radius 3 is 1.94 bits per heavy atom. The van der Waals surface area contributed by atoms with Crippen LogP contribution in [0, 0.1) is 0 Å². The van der Waals surface area contributed by atoms with Crippen LogP contribution in [-0.2, 0) is 33.2 Å². The van der Waals surface area contributed by atoms with Crippen LogP contribution in [0.4, 0.5) is 0 Å². The van der Waals surface area contributed by atoms with Crippen molar-refractivity contribution in [2.75, 3.05) is 26.0 Å². The molecule has 0 amide bonds. The van der Waals surface area contributed by atoms with Gasteiger partial charge in [-0.2, -0.15) is 0 Å². The molecule has 7 nitrogen and oxygen atoms in total. The molecule has 0 aliphatic carbocycles. The van der Waals surface area contributed by atoms with Gasteiger partial charge in [0.2, 0.25) is 0 Å². The summed E-state index contributed by atoms with van der Waals surface area (Å²) in [4.78, 5) is 20.2. The highest BCUT2D eigenvalue weighted by atomic mass is 31.2. The average Bonchev–Trinajstić information content (AvgIpc) is 2.32. The van der Waals surface area contributed by atoms with Crippen LogP contribution in [-0.4, -0.2) is 32.0 Å². The predicted molar refractivity (Wildman–Crippen MR) is 59.1 cm³/mol. The molecule has 0 aromatic heterocycles. The van der Waals surface area contributed by atoms with E-state index in [0.29, 0.717) is 0 Å². The lowest BCUT2D eigenvalue weighted by atomic mass is 10.5. The minimum atomic E-state index is -3.58. The van der Waals surface area contributed by atoms with Crippen LogP contribution < -0.4 is 0 Å². The van der Waals surface area contributed by atoms with Gasteiger partial charge in [-0.1, -0.05) is 0 Å². The first-order chi connectivity index (χ1) is 8.08. The van der Waals surface area contributed by atoms with Crippen LogP contribution in [0.1, 0.15) is 27.2 Å². The van der Waals surface area contributed by atoms with E-state index in [-0.39, 0.29) is 32.4 Å². The van der Waals surface area contributed by atoms with Crippen molar-refractivity contribution in [1.29, 1.82) is 0 Å². The molecule has 0 N–H and O–H groups in total. The van der Waals surface area contributed by atoms with Crippen molar-refractivity contribution in [3.63, 3.8) is 0 Å². The van der Waals surface area contributed by atoms with E-state index in [9.17, 15) is 9.36 Å². The summed E-state index contributed by atoms with van der Waals surface area (Å²) < 4.78 is 25.9. The molecule has 0 saturated carbocycles. The van der Waals surface area contributed by atoms with Gasteiger partial charge in [0.1, 0.15) is 0 Å². The Bertz CT molecular complexity index is 244. The number of ether oxygens (including phenoxy) is 1. The van der Waals surface area contributed by atoms with Gasteiger partial charge >= 0.3 is 13.6 Å². The molecule has 0 aliphatic rings. The highest BCUT2D eigenvalue weighted by Gasteiger charge is 2.29. The third-order valence-electron chi connectivity index (χ3n) is 1.46. The first-order valence-corrected chi connectivity index (χ1v) is 7.17. The minimum Gasteiger partial charge on any atom is -0.466 e. The van der Waals surface area contributed by atoms with Crippen molar-refractivity contribution < 1.29 is 33.2 Å². The standard InChI is InChI=1S/C9H19O7P/c1-4-12-9(10)7-8-17(11,15-13-5-2)16-14-6-3/h4-8H2,1-3H3. The topological polar surface area (TPSA) is 80.3 Å². The van der Waals surface area contributed by atoms with E-state index in [2.05, 4.69) is 19.1 Å². The molecule has 0 heterocycles. The van der Waals surface area contributed by atoms with Crippen LogP contribution >= 0.6 is 7.60 Å². The highest BCUT2D eigenvalue weighted by Crippen LogP contribution is 2.49. The summed E-state index contributed by atoms with van der Waals surface area (Å²) in [7, 11) is -3.58. The van der Waals surface area contributed by atoms with Crippen LogP contribution in [0.5, 0.6) is 0 Å². The van der Waals surface area contributed by atoms with Crippen molar-refractivity contribution >= 4 is 13.6 Å². The molecule has 0 radical (unpaired) electrons. The zero-order valence-corrected chi connectivity index (χ0v) is 11.2. The maximum absolute atomic E-state index is 11.9. The lowest BCUT2D eigenvalue weighted by Crippen LogP contribution is -2.09. The van der Waals surface area contributed by atoms with E-state index in [1.807, 2.05) is 0 Å². The van der Waals surface area contributed by atoms with Gasteiger partial charge in [0, 0.05) is 0 Å². The quantitative estimate of drug-likeness (QED) is 0.260. The molecule has 0 rings (SSSR count). The molecule has 0 unspecified atom stereocenters. The fraction of sp³-hybridized carbons (Fsp3) is 0.889. The Hall–Kier alpha value is -0.460. The molecule has 0 spiro atoms. The smallest absolute Gasteiger partial charge is 0.384 e. The second kappa shape index (κ2) is 9.56. The van der Waals surface area contributed by atoms with Gasteiger partial charge in [0.15, 0.2) is 0 Å². The van der Waals surface area contributed by atoms with E-state index in [0.717, 1.165) is 0 Å². The van der Waals surface area contributed by atoms with Crippen molar-refractivity contribution in [3.8, 4) is 0 Å². The lowest BCUT2D eigenvalue weighted by Gasteiger charge is -2.14. The van der Waals surface area contributed by atoms with Crippen molar-refractivity contribution in [2.45, 2.75) is 27.2 Å². The molecule has 17 heavy (non-hydrogen) atoms. The van der Waals surface area contributed by atoms with E-state index in [4.69, 9.17) is 4.74 Å². The van der Waals surface area contributed by atoms with Gasteiger partial charge in [-0.3, -0.25) is 9.36 Å². The summed E-state index contributed by atoms with van der Waals surface area (Å²) in [5.74, 6) is -0.479. The molecule has 0 bridgehead atoms. The third kappa shape index (κ3) is 8.29. The SMILES string of the molecule is CCOOP(=O)(CCC(=O)OCC)OOCC. The van der Waals surface area contributed by atoms with Gasteiger partial charge in [0.25, 0.3) is 0 Å². The maximum Gasteiger partial charge on any atom is 0.384 e. The molecule has 0 aliphatic heterocycles. The minimum absolute atomic E-state index is 0.0920. The molecule has 0 saturated heterocycles. The van der Waals surface area contributed by atoms with Crippen molar-refractivity contribution in [3.05, 3.63) is 0 Å². The molecular weight excluding hydrogens is 251 g/mol. The first kappa shape index (κ1) is 16.5. The number of esters is 1. The largest absolute Gasteiger partial charge is 0.466 e. The van der Waals surface area contributed by atoms with Gasteiger partial charge in [-0.05, 0) is 20.8 Å². The molecule has 8 heteroatoms. The zero-order valence-electron chi connectivity index (χ0n) is 10.3. The molecule has 0 aromatic carbocycles. The van der Waals surface area contributed by atoms with E-state index in [1.54, 1.807) is 20.8 Å². The number of hydrogen-bond acceptors (Lipinski definition) is 7. The van der Waals surface area contributed by atoms with Crippen molar-refractivity contribution in [2.24, 2.45) is 0 Å². The average molecular weight is 270 g/mol. The number of carbonyl (C=O) groups excluding carboxylic acids is 1. The van der Waals surface area contributed by atoms with Crippen LogP contribution in [0.2, 0.25) is 0 Å². The highest BCUT2D eigenvalue weighted by molar-refractivity contribution is 7.53. The monoisotopic (exact) mass is 270 g/mol. The second-order valence-electron chi connectivity index (χ2n) is 2.85. The predicted octanol–water partition coefficient (Wildman–Crippen LogP) is 2.07. The normalized spacial score (nSPS) is 11.5. The van der Waals surface area contributed by atoms with Crippen LogP contribution in [0.3, 0.4) is 0 Å². The zero-order chi connectivity index (χ0) is 13.1. The number of hydrogen-bond donors (Lipinski definition) is 0. The Morgan fingerprint density at radius 1 is 1.00 bits per heavy atom. The van der Waals surface area contributed by atoms with Crippen LogP contribution in [0.15, 0.2) is 0 Å². The summed E-state index contributed by atoms with van der Waals surface area (Å²) in [5.41, 5.74) is 0. The summed E-state index contributed by atoms with van der Waals surface area (Å²) in [6.45, 7) is 5.69. The lowest BCUT2D eigenvalue weighted by molar-refractivity contribution is -0.263. The van der Waals surface area contributed by atoms with E-state index < -0.39 is 13.6 Å². The van der Waals surface area contributed by atoms with Gasteiger partial charge in [0.05, 0.1) is 32.4 Å². The van der Waals surface area contributed by atoms with Gasteiger partial charge in [-0.15, -0.1) is 9.35 Å². The fourth-order valence-electron chi connectivity index (χ4n) is 0.814. The Labute approximate surface area is 101 Å². The Morgan fingerprint density at radius 2 is 1.53 bits per heavy atom. The first-order valence-electron chi connectivity index (χ1n) is 5.45. The molecular formula is C9H19O7P. The fourth-order valence-corrected chi connectivity index (χ4v) is 1.98. The third-order valence-corrected chi connectivity index (χ3v) is 2.90.